The number of amides is 2. The van der Waals surface area contributed by atoms with Gasteiger partial charge in [0, 0.05) is 22.7 Å². The highest BCUT2D eigenvalue weighted by molar-refractivity contribution is 6.30. The van der Waals surface area contributed by atoms with E-state index in [0.29, 0.717) is 33.3 Å². The van der Waals surface area contributed by atoms with E-state index >= 15 is 0 Å². The summed E-state index contributed by atoms with van der Waals surface area (Å²) in [6, 6.07) is 13.1. The average Bonchev–Trinajstić information content (AvgIpc) is 3.27. The molecular formula is C26H26ClFN6O3. The summed E-state index contributed by atoms with van der Waals surface area (Å²) in [5.41, 5.74) is 2.39. The van der Waals surface area contributed by atoms with Gasteiger partial charge in [-0.15, -0.1) is 0 Å². The number of aliphatic hydroxyl groups excluding tert-OH is 1. The lowest BCUT2D eigenvalue weighted by Crippen LogP contribution is -2.26. The molecule has 4 rings (SSSR count). The number of fused-ring (bicyclic) bond motifs is 1. The molecule has 0 aliphatic carbocycles. The summed E-state index contributed by atoms with van der Waals surface area (Å²) < 4.78 is 16.3. The number of nitrogens with zero attached hydrogens (tertiary/aromatic N) is 3. The summed E-state index contributed by atoms with van der Waals surface area (Å²) in [6.07, 6.45) is 1.05. The number of imidazole rings is 1. The minimum absolute atomic E-state index is 0.139. The molecule has 0 saturated heterocycles. The first kappa shape index (κ1) is 26.2. The summed E-state index contributed by atoms with van der Waals surface area (Å²) in [6.45, 7) is 1.86. The van der Waals surface area contributed by atoms with Crippen molar-refractivity contribution >= 4 is 34.9 Å². The number of hydrogen-bond donors (Lipinski definition) is 4. The lowest BCUT2D eigenvalue weighted by Gasteiger charge is -2.13. The lowest BCUT2D eigenvalue weighted by molar-refractivity contribution is -0.115. The average molecular weight is 525 g/mol. The molecule has 9 nitrogen and oxygen atoms in total. The lowest BCUT2D eigenvalue weighted by atomic mass is 10.0. The van der Waals surface area contributed by atoms with Gasteiger partial charge in [0.05, 0.1) is 24.5 Å². The maximum absolute atomic E-state index is 14.8. The predicted octanol–water partition coefficient (Wildman–Crippen LogP) is 3.51. The molecule has 0 spiro atoms. The van der Waals surface area contributed by atoms with Crippen molar-refractivity contribution in [2.45, 2.75) is 19.4 Å². The van der Waals surface area contributed by atoms with Crippen LogP contribution in [0.1, 0.15) is 34.0 Å². The first-order chi connectivity index (χ1) is 17.7. The van der Waals surface area contributed by atoms with Crippen molar-refractivity contribution in [3.63, 3.8) is 0 Å². The SMILES string of the molecule is CNCC(=O)Nc1cn2nc(-c3cc(F)c(C)c(C(=O)NCC[C@H](O)c4ccc(Cl)cc4)c3)ccc2n1. The zero-order valence-corrected chi connectivity index (χ0v) is 21.0. The van der Waals surface area contributed by atoms with Crippen LogP contribution in [0.3, 0.4) is 0 Å². The fraction of sp³-hybridized carbons (Fsp3) is 0.231. The highest BCUT2D eigenvalue weighted by Crippen LogP contribution is 2.25. The van der Waals surface area contributed by atoms with Gasteiger partial charge in [0.1, 0.15) is 5.82 Å². The van der Waals surface area contributed by atoms with Gasteiger partial charge in [-0.3, -0.25) is 9.59 Å². The number of likely N-dealkylation sites (N-methyl/N-ethyl adjacent to an activating group) is 1. The van der Waals surface area contributed by atoms with Crippen LogP contribution in [0, 0.1) is 12.7 Å². The van der Waals surface area contributed by atoms with Gasteiger partial charge in [0.2, 0.25) is 5.91 Å². The number of halogens is 2. The Morgan fingerprint density at radius 2 is 1.92 bits per heavy atom. The third kappa shape index (κ3) is 6.29. The van der Waals surface area contributed by atoms with E-state index in [1.54, 1.807) is 55.7 Å². The Morgan fingerprint density at radius 3 is 2.65 bits per heavy atom. The van der Waals surface area contributed by atoms with E-state index in [0.717, 1.165) is 0 Å². The summed E-state index contributed by atoms with van der Waals surface area (Å²) in [4.78, 5) is 29.0. The van der Waals surface area contributed by atoms with Gasteiger partial charge >= 0.3 is 0 Å². The van der Waals surface area contributed by atoms with Crippen LogP contribution in [0.2, 0.25) is 5.02 Å². The predicted molar refractivity (Wildman–Crippen MR) is 139 cm³/mol. The molecule has 0 radical (unpaired) electrons. The smallest absolute Gasteiger partial charge is 0.251 e. The zero-order chi connectivity index (χ0) is 26.5. The van der Waals surface area contributed by atoms with Crippen LogP contribution >= 0.6 is 11.6 Å². The van der Waals surface area contributed by atoms with E-state index in [1.165, 1.54) is 17.5 Å². The molecule has 4 N–H and O–H groups in total. The molecule has 192 valence electrons. The molecule has 0 saturated carbocycles. The molecule has 1 atom stereocenters. The quantitative estimate of drug-likeness (QED) is 0.266. The fourth-order valence-corrected chi connectivity index (χ4v) is 3.90. The number of nitrogens with one attached hydrogen (secondary N) is 3. The summed E-state index contributed by atoms with van der Waals surface area (Å²) in [5.74, 6) is -0.917. The van der Waals surface area contributed by atoms with Gasteiger partial charge in [-0.1, -0.05) is 23.7 Å². The summed E-state index contributed by atoms with van der Waals surface area (Å²) >= 11 is 5.88. The first-order valence-corrected chi connectivity index (χ1v) is 12.0. The van der Waals surface area contributed by atoms with E-state index in [2.05, 4.69) is 26.0 Å². The van der Waals surface area contributed by atoms with Crippen LogP contribution in [-0.4, -0.2) is 51.7 Å². The minimum atomic E-state index is -0.777. The van der Waals surface area contributed by atoms with Crippen LogP contribution in [-0.2, 0) is 4.79 Å². The third-order valence-electron chi connectivity index (χ3n) is 5.77. The molecular weight excluding hydrogens is 499 g/mol. The number of anilines is 1. The van der Waals surface area contributed by atoms with Crippen molar-refractivity contribution in [3.8, 4) is 11.3 Å². The molecule has 0 aliphatic heterocycles. The number of rotatable bonds is 9. The molecule has 2 amide bonds. The Balaban J connectivity index is 1.49. The van der Waals surface area contributed by atoms with Gasteiger partial charge < -0.3 is 21.1 Å². The van der Waals surface area contributed by atoms with Gasteiger partial charge in [-0.05, 0) is 67.9 Å². The van der Waals surface area contributed by atoms with Crippen LogP contribution in [0.25, 0.3) is 16.9 Å². The highest BCUT2D eigenvalue weighted by atomic mass is 35.5. The molecule has 4 aromatic rings. The zero-order valence-electron chi connectivity index (χ0n) is 20.3. The van der Waals surface area contributed by atoms with Crippen LogP contribution in [0.15, 0.2) is 54.7 Å². The molecule has 0 bridgehead atoms. The molecule has 37 heavy (non-hydrogen) atoms. The van der Waals surface area contributed by atoms with E-state index < -0.39 is 17.8 Å². The standard InChI is InChI=1S/C26H26ClFN6O3/c1-15-19(26(37)30-10-9-22(35)16-3-5-18(27)6-4-16)11-17(12-20(15)28)21-7-8-24-31-23(14-34(24)33-21)32-25(36)13-29-2/h3-8,11-12,14,22,29,35H,9-10,13H2,1-2H3,(H,30,37)(H,32,36)/t22-/m0/s1. The van der Waals surface area contributed by atoms with Crippen LogP contribution < -0.4 is 16.0 Å². The maximum Gasteiger partial charge on any atom is 0.251 e. The van der Waals surface area contributed by atoms with Crippen molar-refractivity contribution in [3.05, 3.63) is 82.3 Å². The first-order valence-electron chi connectivity index (χ1n) is 11.6. The van der Waals surface area contributed by atoms with Crippen LogP contribution in [0.4, 0.5) is 10.2 Å². The van der Waals surface area contributed by atoms with Gasteiger partial charge in [0.15, 0.2) is 11.5 Å². The fourth-order valence-electron chi connectivity index (χ4n) is 3.78. The second kappa shape index (κ2) is 11.5. The normalized spacial score (nSPS) is 11.9. The minimum Gasteiger partial charge on any atom is -0.388 e. The second-order valence-corrected chi connectivity index (χ2v) is 8.90. The van der Waals surface area contributed by atoms with Crippen molar-refractivity contribution in [2.75, 3.05) is 25.5 Å². The van der Waals surface area contributed by atoms with E-state index in [4.69, 9.17) is 11.6 Å². The number of aliphatic hydroxyl groups is 1. The number of carbonyl (C=O) groups is 2. The van der Waals surface area contributed by atoms with Crippen molar-refractivity contribution in [1.82, 2.24) is 25.2 Å². The topological polar surface area (TPSA) is 121 Å². The third-order valence-corrected chi connectivity index (χ3v) is 6.02. The molecule has 0 unspecified atom stereocenters. The summed E-state index contributed by atoms with van der Waals surface area (Å²) in [7, 11) is 1.66. The Morgan fingerprint density at radius 1 is 1.16 bits per heavy atom. The molecule has 0 aliphatic rings. The Hall–Kier alpha value is -3.86. The van der Waals surface area contributed by atoms with E-state index in [1.807, 2.05) is 0 Å². The number of hydrogen-bond acceptors (Lipinski definition) is 6. The second-order valence-electron chi connectivity index (χ2n) is 8.47. The largest absolute Gasteiger partial charge is 0.388 e. The van der Waals surface area contributed by atoms with E-state index in [9.17, 15) is 19.1 Å². The Bertz CT molecular complexity index is 1440. The molecule has 2 aromatic heterocycles. The monoisotopic (exact) mass is 524 g/mol. The number of benzene rings is 2. The maximum atomic E-state index is 14.8. The van der Waals surface area contributed by atoms with Crippen molar-refractivity contribution in [1.29, 1.82) is 0 Å². The number of aromatic nitrogens is 3. The van der Waals surface area contributed by atoms with Crippen molar-refractivity contribution in [2.24, 2.45) is 0 Å². The molecule has 11 heteroatoms. The molecule has 2 aromatic carbocycles. The van der Waals surface area contributed by atoms with Crippen molar-refractivity contribution < 1.29 is 19.1 Å². The van der Waals surface area contributed by atoms with E-state index in [-0.39, 0.29) is 36.5 Å². The molecule has 2 heterocycles. The van der Waals surface area contributed by atoms with Gasteiger partial charge in [-0.2, -0.15) is 5.10 Å². The van der Waals surface area contributed by atoms with Gasteiger partial charge in [0.25, 0.3) is 5.91 Å². The van der Waals surface area contributed by atoms with Crippen LogP contribution in [0.5, 0.6) is 0 Å². The molecule has 0 fully saturated rings. The van der Waals surface area contributed by atoms with Gasteiger partial charge in [-0.25, -0.2) is 13.9 Å². The summed E-state index contributed by atoms with van der Waals surface area (Å²) in [5, 5.41) is 23.6. The highest BCUT2D eigenvalue weighted by Gasteiger charge is 2.17. The number of carbonyl (C=O) groups excluding carboxylic acids is 2. The Kier molecular flexibility index (Phi) is 8.12. The Labute approximate surface area is 217 Å².